The Bertz CT molecular complexity index is 376. The highest BCUT2D eigenvalue weighted by Gasteiger charge is 2.19. The molecular formula is C14H26N6. The summed E-state index contributed by atoms with van der Waals surface area (Å²) in [6, 6.07) is 0.913. The van der Waals surface area contributed by atoms with Gasteiger partial charge in [-0.15, -0.1) is 0 Å². The van der Waals surface area contributed by atoms with E-state index in [1.807, 2.05) is 0 Å². The summed E-state index contributed by atoms with van der Waals surface area (Å²) >= 11 is 0. The third-order valence-corrected chi connectivity index (χ3v) is 3.60. The highest BCUT2D eigenvalue weighted by molar-refractivity contribution is 5.86. The number of rotatable bonds is 6. The lowest BCUT2D eigenvalue weighted by Crippen LogP contribution is -2.32. The van der Waals surface area contributed by atoms with Gasteiger partial charge in [0.15, 0.2) is 0 Å². The van der Waals surface area contributed by atoms with Gasteiger partial charge in [-0.05, 0) is 13.8 Å². The molecule has 0 aliphatic carbocycles. The van der Waals surface area contributed by atoms with Gasteiger partial charge in [0, 0.05) is 23.9 Å². The van der Waals surface area contributed by atoms with E-state index in [4.69, 9.17) is 0 Å². The molecule has 2 rings (SSSR count). The predicted molar refractivity (Wildman–Crippen MR) is 82.7 cm³/mol. The van der Waals surface area contributed by atoms with Crippen molar-refractivity contribution in [2.24, 2.45) is 32.0 Å². The molecule has 0 aromatic carbocycles. The van der Waals surface area contributed by atoms with E-state index in [9.17, 15) is 0 Å². The number of hydrogen-bond donors (Lipinski definition) is 2. The molecule has 2 N–H and O–H groups in total. The minimum atomic E-state index is 0.320. The van der Waals surface area contributed by atoms with Crippen molar-refractivity contribution in [1.29, 1.82) is 0 Å². The average molecular weight is 278 g/mol. The van der Waals surface area contributed by atoms with E-state index in [1.165, 1.54) is 0 Å². The summed E-state index contributed by atoms with van der Waals surface area (Å²) in [5, 5.41) is 15.3. The number of aliphatic imine (C=N–C) groups is 2. The van der Waals surface area contributed by atoms with Crippen molar-refractivity contribution < 1.29 is 0 Å². The van der Waals surface area contributed by atoms with Gasteiger partial charge in [0.2, 0.25) is 0 Å². The van der Waals surface area contributed by atoms with Gasteiger partial charge in [0.25, 0.3) is 0 Å². The van der Waals surface area contributed by atoms with Gasteiger partial charge in [0.05, 0.1) is 26.2 Å². The largest absolute Gasteiger partial charge is 0.369 e. The quantitative estimate of drug-likeness (QED) is 0.722. The molecule has 2 aliphatic heterocycles. The Hall–Kier alpha value is -1.46. The fraction of sp³-hybridized carbons (Fsp3) is 0.857. The van der Waals surface area contributed by atoms with Crippen LogP contribution in [-0.4, -0.2) is 49.9 Å². The van der Waals surface area contributed by atoms with Gasteiger partial charge in [-0.2, -0.15) is 10.2 Å². The SMILES string of the molecule is CC1CN=C(C(C)CN=NCC(C)C2=NCC(C)N2)N1. The van der Waals surface area contributed by atoms with E-state index in [1.54, 1.807) is 0 Å². The van der Waals surface area contributed by atoms with Crippen molar-refractivity contribution in [2.45, 2.75) is 39.8 Å². The Morgan fingerprint density at radius 3 is 1.65 bits per heavy atom. The van der Waals surface area contributed by atoms with Crippen LogP contribution in [-0.2, 0) is 0 Å². The molecule has 0 spiro atoms. The Labute approximate surface area is 121 Å². The van der Waals surface area contributed by atoms with Crippen molar-refractivity contribution in [3.8, 4) is 0 Å². The molecule has 0 radical (unpaired) electrons. The summed E-state index contributed by atoms with van der Waals surface area (Å²) in [6.07, 6.45) is 0. The van der Waals surface area contributed by atoms with E-state index in [2.05, 4.69) is 58.5 Å². The second-order valence-corrected chi connectivity index (χ2v) is 5.99. The van der Waals surface area contributed by atoms with Crippen LogP contribution in [0.1, 0.15) is 27.7 Å². The minimum absolute atomic E-state index is 0.320. The first-order valence-corrected chi connectivity index (χ1v) is 7.51. The molecule has 6 heteroatoms. The molecule has 4 unspecified atom stereocenters. The molecule has 0 saturated heterocycles. The fourth-order valence-electron chi connectivity index (χ4n) is 2.29. The Morgan fingerprint density at radius 1 is 0.950 bits per heavy atom. The summed E-state index contributed by atoms with van der Waals surface area (Å²) in [4.78, 5) is 8.95. The number of amidine groups is 2. The third-order valence-electron chi connectivity index (χ3n) is 3.60. The number of nitrogens with one attached hydrogen (secondary N) is 2. The second-order valence-electron chi connectivity index (χ2n) is 5.99. The van der Waals surface area contributed by atoms with Gasteiger partial charge in [-0.25, -0.2) is 0 Å². The van der Waals surface area contributed by atoms with Crippen LogP contribution in [0, 0.1) is 11.8 Å². The topological polar surface area (TPSA) is 73.5 Å². The van der Waals surface area contributed by atoms with Crippen molar-refractivity contribution in [1.82, 2.24) is 10.6 Å². The van der Waals surface area contributed by atoms with Crippen molar-refractivity contribution >= 4 is 11.7 Å². The van der Waals surface area contributed by atoms with Crippen LogP contribution in [0.5, 0.6) is 0 Å². The number of hydrogen-bond acceptors (Lipinski definition) is 6. The molecule has 2 heterocycles. The lowest BCUT2D eigenvalue weighted by molar-refractivity contribution is 0.653. The van der Waals surface area contributed by atoms with E-state index in [0.29, 0.717) is 37.0 Å². The molecule has 0 fully saturated rings. The average Bonchev–Trinajstić information content (AvgIpc) is 3.03. The van der Waals surface area contributed by atoms with E-state index >= 15 is 0 Å². The van der Waals surface area contributed by atoms with Crippen molar-refractivity contribution in [2.75, 3.05) is 26.2 Å². The zero-order valence-electron chi connectivity index (χ0n) is 12.9. The summed E-state index contributed by atoms with van der Waals surface area (Å²) in [5.74, 6) is 2.78. The first-order valence-electron chi connectivity index (χ1n) is 7.51. The van der Waals surface area contributed by atoms with Crippen LogP contribution >= 0.6 is 0 Å². The van der Waals surface area contributed by atoms with Gasteiger partial charge >= 0.3 is 0 Å². The molecule has 0 aromatic rings. The van der Waals surface area contributed by atoms with Crippen molar-refractivity contribution in [3.63, 3.8) is 0 Å². The van der Waals surface area contributed by atoms with Crippen LogP contribution in [0.4, 0.5) is 0 Å². The summed E-state index contributed by atoms with van der Waals surface area (Å²) in [7, 11) is 0. The van der Waals surface area contributed by atoms with Gasteiger partial charge in [-0.3, -0.25) is 9.98 Å². The zero-order chi connectivity index (χ0) is 14.5. The standard InChI is InChI=1S/C14H26N6/c1-9(13-15-7-11(3)19-13)5-17-18-6-10(2)14-16-8-12(4)20-14/h9-12H,5-8H2,1-4H3,(H,15,19)(H,16,20). The lowest BCUT2D eigenvalue weighted by atomic mass is 10.1. The lowest BCUT2D eigenvalue weighted by Gasteiger charge is -2.12. The maximum Gasteiger partial charge on any atom is 0.101 e. The van der Waals surface area contributed by atoms with Crippen LogP contribution in [0.15, 0.2) is 20.2 Å². The number of nitrogens with zero attached hydrogens (tertiary/aromatic N) is 4. The molecule has 6 nitrogen and oxygen atoms in total. The van der Waals surface area contributed by atoms with Crippen LogP contribution in [0.3, 0.4) is 0 Å². The molecule has 112 valence electrons. The second kappa shape index (κ2) is 6.81. The number of azo groups is 1. The first-order chi connectivity index (χ1) is 9.56. The Morgan fingerprint density at radius 2 is 1.35 bits per heavy atom. The van der Waals surface area contributed by atoms with E-state index < -0.39 is 0 Å². The highest BCUT2D eigenvalue weighted by atomic mass is 15.1. The Kier molecular flexibility index (Phi) is 5.09. The smallest absolute Gasteiger partial charge is 0.101 e. The Balaban J connectivity index is 1.69. The summed E-state index contributed by atoms with van der Waals surface area (Å²) < 4.78 is 0. The van der Waals surface area contributed by atoms with Crippen LogP contribution in [0.25, 0.3) is 0 Å². The van der Waals surface area contributed by atoms with Gasteiger partial charge < -0.3 is 10.6 Å². The maximum absolute atomic E-state index is 4.48. The molecule has 4 atom stereocenters. The summed E-state index contributed by atoms with van der Waals surface area (Å²) in [5.41, 5.74) is 0. The molecule has 0 bridgehead atoms. The predicted octanol–water partition coefficient (Wildman–Crippen LogP) is 1.49. The van der Waals surface area contributed by atoms with E-state index in [-0.39, 0.29) is 0 Å². The zero-order valence-corrected chi connectivity index (χ0v) is 12.9. The monoisotopic (exact) mass is 278 g/mol. The molecule has 0 amide bonds. The minimum Gasteiger partial charge on any atom is -0.369 e. The molecule has 20 heavy (non-hydrogen) atoms. The van der Waals surface area contributed by atoms with Gasteiger partial charge in [-0.1, -0.05) is 13.8 Å². The van der Waals surface area contributed by atoms with Crippen LogP contribution < -0.4 is 10.6 Å². The summed E-state index contributed by atoms with van der Waals surface area (Å²) in [6.45, 7) is 11.7. The first kappa shape index (κ1) is 14.9. The molecule has 0 aromatic heterocycles. The molecule has 0 saturated carbocycles. The maximum atomic E-state index is 4.48. The van der Waals surface area contributed by atoms with Gasteiger partial charge in [0.1, 0.15) is 11.7 Å². The molecule has 2 aliphatic rings. The third kappa shape index (κ3) is 4.02. The molecular weight excluding hydrogens is 252 g/mol. The van der Waals surface area contributed by atoms with Crippen LogP contribution in [0.2, 0.25) is 0 Å². The highest BCUT2D eigenvalue weighted by Crippen LogP contribution is 2.07. The normalized spacial score (nSPS) is 28.8. The van der Waals surface area contributed by atoms with Crippen molar-refractivity contribution in [3.05, 3.63) is 0 Å². The fourth-order valence-corrected chi connectivity index (χ4v) is 2.29. The van der Waals surface area contributed by atoms with E-state index in [0.717, 1.165) is 24.8 Å².